The van der Waals surface area contributed by atoms with E-state index in [2.05, 4.69) is 33.5 Å². The fourth-order valence-corrected chi connectivity index (χ4v) is 3.83. The maximum atomic E-state index is 12.9. The molecule has 1 aromatic carbocycles. The lowest BCUT2D eigenvalue weighted by atomic mass is 9.87. The molecule has 0 bridgehead atoms. The van der Waals surface area contributed by atoms with E-state index in [-0.39, 0.29) is 11.9 Å². The van der Waals surface area contributed by atoms with Crippen LogP contribution in [0.3, 0.4) is 0 Å². The van der Waals surface area contributed by atoms with Crippen molar-refractivity contribution in [1.82, 2.24) is 25.1 Å². The van der Waals surface area contributed by atoms with Crippen LogP contribution in [-0.2, 0) is 19.9 Å². The van der Waals surface area contributed by atoms with Gasteiger partial charge in [0, 0.05) is 18.1 Å². The summed E-state index contributed by atoms with van der Waals surface area (Å²) < 4.78 is 1.82. The van der Waals surface area contributed by atoms with Gasteiger partial charge in [-0.05, 0) is 43.7 Å². The minimum Gasteiger partial charge on any atom is -0.358 e. The summed E-state index contributed by atoms with van der Waals surface area (Å²) in [6.07, 6.45) is 4.97. The number of nitrogens with one attached hydrogen (secondary N) is 2. The number of H-pyrrole nitrogens is 1. The van der Waals surface area contributed by atoms with Crippen molar-refractivity contribution in [2.45, 2.75) is 39.2 Å². The van der Waals surface area contributed by atoms with E-state index in [0.717, 1.165) is 24.2 Å². The van der Waals surface area contributed by atoms with Crippen molar-refractivity contribution in [3.63, 3.8) is 0 Å². The predicted molar refractivity (Wildman–Crippen MR) is 96.4 cm³/mol. The first-order chi connectivity index (χ1) is 12.0. The molecule has 0 unspecified atom stereocenters. The number of benzene rings is 1. The number of amides is 1. The van der Waals surface area contributed by atoms with Gasteiger partial charge in [0.15, 0.2) is 5.82 Å². The summed E-state index contributed by atoms with van der Waals surface area (Å²) in [5.41, 5.74) is 4.30. The maximum Gasteiger partial charge on any atom is 0.253 e. The number of para-hydroxylation sites is 1. The third-order valence-corrected chi connectivity index (χ3v) is 5.20. The van der Waals surface area contributed by atoms with Crippen molar-refractivity contribution >= 4 is 16.8 Å². The first-order valence-corrected chi connectivity index (χ1v) is 8.81. The van der Waals surface area contributed by atoms with Crippen LogP contribution in [0.2, 0.25) is 0 Å². The number of hydrogen-bond donors (Lipinski definition) is 2. The number of carbonyl (C=O) groups excluding carboxylic acids is 1. The standard InChI is InChI=1S/C19H23N5O/c1-11-7-8-16-15(9-11)13-5-4-6-14(17(13)22-16)19(25)21-12(2)18-23-20-10-24(18)3/h4-6,10-12,22H,7-9H2,1-3H3,(H,21,25)/t11-,12-/m1/s1. The maximum absolute atomic E-state index is 12.9. The topological polar surface area (TPSA) is 75.6 Å². The zero-order chi connectivity index (χ0) is 17.6. The molecule has 1 aliphatic carbocycles. The van der Waals surface area contributed by atoms with Gasteiger partial charge in [0.05, 0.1) is 17.1 Å². The number of fused-ring (bicyclic) bond motifs is 3. The third kappa shape index (κ3) is 2.71. The van der Waals surface area contributed by atoms with Gasteiger partial charge in [-0.3, -0.25) is 4.79 Å². The zero-order valence-corrected chi connectivity index (χ0v) is 14.8. The van der Waals surface area contributed by atoms with Crippen molar-refractivity contribution in [3.8, 4) is 0 Å². The predicted octanol–water partition coefficient (Wildman–Crippen LogP) is 2.91. The minimum absolute atomic E-state index is 0.0901. The number of aryl methyl sites for hydroxylation is 2. The quantitative estimate of drug-likeness (QED) is 0.771. The molecule has 4 rings (SSSR count). The second-order valence-electron chi connectivity index (χ2n) is 7.15. The Bertz CT molecular complexity index is 939. The number of rotatable bonds is 3. The third-order valence-electron chi connectivity index (χ3n) is 5.20. The zero-order valence-electron chi connectivity index (χ0n) is 14.8. The van der Waals surface area contributed by atoms with Crippen LogP contribution in [0.5, 0.6) is 0 Å². The smallest absolute Gasteiger partial charge is 0.253 e. The van der Waals surface area contributed by atoms with Gasteiger partial charge in [-0.1, -0.05) is 19.1 Å². The first kappa shape index (κ1) is 15.9. The number of carbonyl (C=O) groups is 1. The molecule has 2 heterocycles. The minimum atomic E-state index is -0.208. The van der Waals surface area contributed by atoms with Crippen LogP contribution < -0.4 is 5.32 Å². The summed E-state index contributed by atoms with van der Waals surface area (Å²) in [7, 11) is 1.87. The first-order valence-electron chi connectivity index (χ1n) is 8.81. The summed E-state index contributed by atoms with van der Waals surface area (Å²) in [6.45, 7) is 4.21. The van der Waals surface area contributed by atoms with Gasteiger partial charge in [-0.25, -0.2) is 0 Å². The molecule has 130 valence electrons. The van der Waals surface area contributed by atoms with Crippen molar-refractivity contribution in [1.29, 1.82) is 0 Å². The lowest BCUT2D eigenvalue weighted by molar-refractivity contribution is 0.0939. The van der Waals surface area contributed by atoms with E-state index in [1.807, 2.05) is 30.7 Å². The molecule has 0 saturated carbocycles. The van der Waals surface area contributed by atoms with Gasteiger partial charge >= 0.3 is 0 Å². The van der Waals surface area contributed by atoms with Gasteiger partial charge in [0.25, 0.3) is 5.91 Å². The lowest BCUT2D eigenvalue weighted by Crippen LogP contribution is -2.28. The Balaban J connectivity index is 1.67. The van der Waals surface area contributed by atoms with Crippen LogP contribution >= 0.6 is 0 Å². The van der Waals surface area contributed by atoms with Crippen LogP contribution in [0, 0.1) is 5.92 Å². The van der Waals surface area contributed by atoms with Gasteiger partial charge in [-0.15, -0.1) is 10.2 Å². The molecular weight excluding hydrogens is 314 g/mol. The molecule has 0 saturated heterocycles. The molecule has 2 atom stereocenters. The van der Waals surface area contributed by atoms with Crippen molar-refractivity contribution in [3.05, 3.63) is 47.2 Å². The highest BCUT2D eigenvalue weighted by atomic mass is 16.1. The molecule has 3 aromatic rings. The summed E-state index contributed by atoms with van der Waals surface area (Å²) in [6, 6.07) is 5.76. The molecule has 0 fully saturated rings. The Labute approximate surface area is 146 Å². The van der Waals surface area contributed by atoms with Crippen LogP contribution in [0.1, 0.15) is 53.7 Å². The lowest BCUT2D eigenvalue weighted by Gasteiger charge is -2.17. The normalized spacial score (nSPS) is 18.1. The molecule has 25 heavy (non-hydrogen) atoms. The van der Waals surface area contributed by atoms with E-state index in [9.17, 15) is 4.79 Å². The van der Waals surface area contributed by atoms with E-state index >= 15 is 0 Å². The Morgan fingerprint density at radius 3 is 3.04 bits per heavy atom. The number of hydrogen-bond acceptors (Lipinski definition) is 3. The van der Waals surface area contributed by atoms with Gasteiger partial charge in [-0.2, -0.15) is 0 Å². The van der Waals surface area contributed by atoms with E-state index in [1.54, 1.807) is 6.33 Å². The van der Waals surface area contributed by atoms with Crippen molar-refractivity contribution in [2.75, 3.05) is 0 Å². The summed E-state index contributed by atoms with van der Waals surface area (Å²) in [5, 5.41) is 12.2. The van der Waals surface area contributed by atoms with Gasteiger partial charge in [0.2, 0.25) is 0 Å². The molecule has 0 radical (unpaired) electrons. The largest absolute Gasteiger partial charge is 0.358 e. The fraction of sp³-hybridized carbons (Fsp3) is 0.421. The number of nitrogens with zero attached hydrogens (tertiary/aromatic N) is 3. The second kappa shape index (κ2) is 6.02. The van der Waals surface area contributed by atoms with E-state index in [0.29, 0.717) is 11.5 Å². The molecule has 2 aromatic heterocycles. The highest BCUT2D eigenvalue weighted by molar-refractivity contribution is 6.07. The van der Waals surface area contributed by atoms with Crippen LogP contribution in [0.4, 0.5) is 0 Å². The fourth-order valence-electron chi connectivity index (χ4n) is 3.83. The monoisotopic (exact) mass is 337 g/mol. The van der Waals surface area contributed by atoms with E-state index < -0.39 is 0 Å². The average molecular weight is 337 g/mol. The molecule has 6 heteroatoms. The molecule has 2 N–H and O–H groups in total. The summed E-state index contributed by atoms with van der Waals surface area (Å²) in [5.74, 6) is 1.34. The Kier molecular flexibility index (Phi) is 3.82. The van der Waals surface area contributed by atoms with Crippen molar-refractivity contribution < 1.29 is 4.79 Å². The van der Waals surface area contributed by atoms with E-state index in [1.165, 1.54) is 23.1 Å². The highest BCUT2D eigenvalue weighted by Gasteiger charge is 2.23. The molecular formula is C19H23N5O. The average Bonchev–Trinajstić information content (AvgIpc) is 3.17. The Morgan fingerprint density at radius 1 is 1.44 bits per heavy atom. The van der Waals surface area contributed by atoms with Crippen LogP contribution in [0.25, 0.3) is 10.9 Å². The Hall–Kier alpha value is -2.63. The molecule has 1 amide bonds. The van der Waals surface area contributed by atoms with Crippen LogP contribution in [0.15, 0.2) is 24.5 Å². The van der Waals surface area contributed by atoms with Crippen LogP contribution in [-0.4, -0.2) is 25.7 Å². The van der Waals surface area contributed by atoms with Crippen molar-refractivity contribution in [2.24, 2.45) is 13.0 Å². The number of aromatic amines is 1. The molecule has 1 aliphatic rings. The molecule has 0 aliphatic heterocycles. The summed E-state index contributed by atoms with van der Waals surface area (Å²) in [4.78, 5) is 16.4. The second-order valence-corrected chi connectivity index (χ2v) is 7.15. The molecule has 0 spiro atoms. The van der Waals surface area contributed by atoms with Gasteiger partial charge < -0.3 is 14.9 Å². The summed E-state index contributed by atoms with van der Waals surface area (Å²) >= 11 is 0. The SMILES string of the molecule is C[C@@H]1CCc2[nH]c3c(C(=O)N[C@H](C)c4nncn4C)cccc3c2C1. The number of aromatic nitrogens is 4. The highest BCUT2D eigenvalue weighted by Crippen LogP contribution is 2.33. The van der Waals surface area contributed by atoms with Gasteiger partial charge in [0.1, 0.15) is 6.33 Å². The van der Waals surface area contributed by atoms with E-state index in [4.69, 9.17) is 0 Å². The molecule has 6 nitrogen and oxygen atoms in total. The Morgan fingerprint density at radius 2 is 2.28 bits per heavy atom.